The average Bonchev–Trinajstić information content (AvgIpc) is 2.87. The van der Waals surface area contributed by atoms with Crippen molar-refractivity contribution in [3.63, 3.8) is 0 Å². The van der Waals surface area contributed by atoms with E-state index in [4.69, 9.17) is 4.98 Å². The average molecular weight is 279 g/mol. The van der Waals surface area contributed by atoms with Crippen LogP contribution in [0.5, 0.6) is 0 Å². The molecule has 0 aliphatic heterocycles. The molecule has 2 aromatic heterocycles. The van der Waals surface area contributed by atoms with E-state index < -0.39 is 0 Å². The van der Waals surface area contributed by atoms with E-state index in [-0.39, 0.29) is 0 Å². The zero-order chi connectivity index (χ0) is 11.1. The van der Waals surface area contributed by atoms with Crippen molar-refractivity contribution in [3.05, 3.63) is 28.5 Å². The van der Waals surface area contributed by atoms with E-state index in [9.17, 15) is 0 Å². The molecule has 0 saturated heterocycles. The van der Waals surface area contributed by atoms with Gasteiger partial charge in [-0.2, -0.15) is 0 Å². The number of fused-ring (bicyclic) bond motifs is 1. The van der Waals surface area contributed by atoms with Crippen molar-refractivity contribution >= 4 is 27.0 Å². The molecule has 0 unspecified atom stereocenters. The molecule has 3 heteroatoms. The lowest BCUT2D eigenvalue weighted by Crippen LogP contribution is -1.97. The number of nitrogens with zero attached hydrogens (tertiary/aromatic N) is 2. The standard InChI is InChI=1S/C13H15BrN2/c1-16-7-6-11-13(16)10(14)8-12(15-11)9-4-2-3-5-9/h6-9H,2-5H2,1H3. The summed E-state index contributed by atoms with van der Waals surface area (Å²) >= 11 is 3.66. The first-order valence-electron chi connectivity index (χ1n) is 5.87. The van der Waals surface area contributed by atoms with Gasteiger partial charge in [0, 0.05) is 29.3 Å². The number of hydrogen-bond acceptors (Lipinski definition) is 1. The molecule has 0 aromatic carbocycles. The Balaban J connectivity index is 2.13. The van der Waals surface area contributed by atoms with Crippen molar-refractivity contribution in [2.45, 2.75) is 31.6 Å². The first kappa shape index (κ1) is 10.3. The predicted molar refractivity (Wildman–Crippen MR) is 69.6 cm³/mol. The van der Waals surface area contributed by atoms with Gasteiger partial charge < -0.3 is 4.57 Å². The zero-order valence-electron chi connectivity index (χ0n) is 9.41. The van der Waals surface area contributed by atoms with Crippen molar-refractivity contribution in [1.82, 2.24) is 9.55 Å². The molecule has 0 atom stereocenters. The summed E-state index contributed by atoms with van der Waals surface area (Å²) in [4.78, 5) is 4.79. The third kappa shape index (κ3) is 1.58. The molecule has 0 bridgehead atoms. The highest BCUT2D eigenvalue weighted by atomic mass is 79.9. The molecule has 0 amide bonds. The fraction of sp³-hybridized carbons (Fsp3) is 0.462. The molecule has 84 valence electrons. The fourth-order valence-corrected chi connectivity index (χ4v) is 3.42. The summed E-state index contributed by atoms with van der Waals surface area (Å²) in [5, 5.41) is 0. The third-order valence-corrected chi connectivity index (χ3v) is 4.18. The quantitative estimate of drug-likeness (QED) is 0.771. The number of rotatable bonds is 1. The fourth-order valence-electron chi connectivity index (χ4n) is 2.70. The molecule has 2 nitrogen and oxygen atoms in total. The van der Waals surface area contributed by atoms with E-state index in [1.54, 1.807) is 0 Å². The number of pyridine rings is 1. The highest BCUT2D eigenvalue weighted by Gasteiger charge is 2.19. The van der Waals surface area contributed by atoms with Crippen LogP contribution in [0.4, 0.5) is 0 Å². The van der Waals surface area contributed by atoms with E-state index in [0.29, 0.717) is 5.92 Å². The Morgan fingerprint density at radius 3 is 2.88 bits per heavy atom. The second-order valence-electron chi connectivity index (χ2n) is 4.67. The summed E-state index contributed by atoms with van der Waals surface area (Å²) < 4.78 is 3.29. The lowest BCUT2D eigenvalue weighted by molar-refractivity contribution is 0.700. The van der Waals surface area contributed by atoms with E-state index >= 15 is 0 Å². The van der Waals surface area contributed by atoms with Crippen molar-refractivity contribution in [1.29, 1.82) is 0 Å². The maximum atomic E-state index is 4.79. The Hall–Kier alpha value is -0.830. The van der Waals surface area contributed by atoms with Gasteiger partial charge in [0.05, 0.1) is 11.0 Å². The van der Waals surface area contributed by atoms with E-state index in [2.05, 4.69) is 45.9 Å². The Morgan fingerprint density at radius 2 is 2.12 bits per heavy atom. The van der Waals surface area contributed by atoms with Crippen LogP contribution in [0.15, 0.2) is 22.8 Å². The summed E-state index contributed by atoms with van der Waals surface area (Å²) in [5.74, 6) is 0.681. The molecular formula is C13H15BrN2. The highest BCUT2D eigenvalue weighted by Crippen LogP contribution is 2.35. The molecule has 0 radical (unpaired) electrons. The van der Waals surface area contributed by atoms with Crippen molar-refractivity contribution in [2.75, 3.05) is 0 Å². The van der Waals surface area contributed by atoms with Gasteiger partial charge in [0.1, 0.15) is 0 Å². The minimum absolute atomic E-state index is 0.681. The number of hydrogen-bond donors (Lipinski definition) is 0. The summed E-state index contributed by atoms with van der Waals surface area (Å²) in [7, 11) is 2.06. The van der Waals surface area contributed by atoms with Crippen molar-refractivity contribution in [2.24, 2.45) is 7.05 Å². The predicted octanol–water partition coefficient (Wildman–Crippen LogP) is 3.99. The topological polar surface area (TPSA) is 17.8 Å². The number of halogens is 1. The maximum Gasteiger partial charge on any atom is 0.0895 e. The van der Waals surface area contributed by atoms with Crippen molar-refractivity contribution in [3.8, 4) is 0 Å². The Morgan fingerprint density at radius 1 is 1.38 bits per heavy atom. The molecular weight excluding hydrogens is 264 g/mol. The van der Waals surface area contributed by atoms with Crippen LogP contribution in [0, 0.1) is 0 Å². The van der Waals surface area contributed by atoms with Gasteiger partial charge in [0.25, 0.3) is 0 Å². The summed E-state index contributed by atoms with van der Waals surface area (Å²) in [6.45, 7) is 0. The van der Waals surface area contributed by atoms with Crippen LogP contribution in [0.2, 0.25) is 0 Å². The van der Waals surface area contributed by atoms with E-state index in [0.717, 1.165) is 5.52 Å². The summed E-state index contributed by atoms with van der Waals surface area (Å²) in [6.07, 6.45) is 7.39. The van der Waals surface area contributed by atoms with Gasteiger partial charge in [0.15, 0.2) is 0 Å². The van der Waals surface area contributed by atoms with Gasteiger partial charge in [-0.25, -0.2) is 0 Å². The van der Waals surface area contributed by atoms with Crippen LogP contribution in [0.1, 0.15) is 37.3 Å². The van der Waals surface area contributed by atoms with Gasteiger partial charge in [-0.3, -0.25) is 4.98 Å². The first-order valence-corrected chi connectivity index (χ1v) is 6.66. The SMILES string of the molecule is Cn1ccc2nc(C3CCCC3)cc(Br)c21. The third-order valence-electron chi connectivity index (χ3n) is 3.58. The minimum Gasteiger partial charge on any atom is -0.348 e. The molecule has 0 spiro atoms. The minimum atomic E-state index is 0.681. The highest BCUT2D eigenvalue weighted by molar-refractivity contribution is 9.10. The smallest absolute Gasteiger partial charge is 0.0895 e. The summed E-state index contributed by atoms with van der Waals surface area (Å²) in [5.41, 5.74) is 3.57. The van der Waals surface area contributed by atoms with Crippen LogP contribution in [0.25, 0.3) is 11.0 Å². The van der Waals surface area contributed by atoms with Gasteiger partial charge in [-0.1, -0.05) is 12.8 Å². The molecule has 0 N–H and O–H groups in total. The zero-order valence-corrected chi connectivity index (χ0v) is 11.0. The second kappa shape index (κ2) is 3.88. The molecule has 1 aliphatic carbocycles. The Labute approximate surface area is 104 Å². The second-order valence-corrected chi connectivity index (χ2v) is 5.53. The molecule has 2 heterocycles. The number of aromatic nitrogens is 2. The summed E-state index contributed by atoms with van der Waals surface area (Å²) in [6, 6.07) is 4.30. The molecule has 16 heavy (non-hydrogen) atoms. The Kier molecular flexibility index (Phi) is 2.51. The van der Waals surface area contributed by atoms with Gasteiger partial charge in [-0.15, -0.1) is 0 Å². The monoisotopic (exact) mass is 278 g/mol. The molecule has 2 aromatic rings. The van der Waals surface area contributed by atoms with E-state index in [1.165, 1.54) is 41.4 Å². The normalized spacial score (nSPS) is 17.4. The first-order chi connectivity index (χ1) is 7.75. The van der Waals surface area contributed by atoms with Crippen LogP contribution in [-0.2, 0) is 7.05 Å². The molecule has 1 aliphatic rings. The molecule has 3 rings (SSSR count). The maximum absolute atomic E-state index is 4.79. The van der Waals surface area contributed by atoms with Crippen molar-refractivity contribution < 1.29 is 0 Å². The Bertz CT molecular complexity index is 524. The van der Waals surface area contributed by atoms with Gasteiger partial charge in [0.2, 0.25) is 0 Å². The van der Waals surface area contributed by atoms with Crippen LogP contribution in [0.3, 0.4) is 0 Å². The van der Waals surface area contributed by atoms with Gasteiger partial charge in [-0.05, 0) is 40.9 Å². The molecule has 1 fully saturated rings. The van der Waals surface area contributed by atoms with Crippen LogP contribution < -0.4 is 0 Å². The van der Waals surface area contributed by atoms with E-state index in [1.807, 2.05) is 0 Å². The number of aryl methyl sites for hydroxylation is 1. The lowest BCUT2D eigenvalue weighted by Gasteiger charge is -2.10. The molecule has 1 saturated carbocycles. The van der Waals surface area contributed by atoms with Gasteiger partial charge >= 0.3 is 0 Å². The lowest BCUT2D eigenvalue weighted by atomic mass is 10.0. The van der Waals surface area contributed by atoms with Crippen LogP contribution in [-0.4, -0.2) is 9.55 Å². The van der Waals surface area contributed by atoms with Crippen LogP contribution >= 0.6 is 15.9 Å². The largest absolute Gasteiger partial charge is 0.348 e.